The van der Waals surface area contributed by atoms with Gasteiger partial charge in [0.15, 0.2) is 5.78 Å². The van der Waals surface area contributed by atoms with Gasteiger partial charge in [-0.15, -0.1) is 0 Å². The first-order valence-corrected chi connectivity index (χ1v) is 12.2. The first kappa shape index (κ1) is 20.0. The lowest BCUT2D eigenvalue weighted by molar-refractivity contribution is -0.208. The number of benzene rings is 1. The highest BCUT2D eigenvalue weighted by Gasteiger charge is 2.76. The quantitative estimate of drug-likeness (QED) is 0.692. The molecule has 1 aliphatic heterocycles. The molecule has 0 aromatic heterocycles. The Morgan fingerprint density at radius 2 is 1.74 bits per heavy atom. The second kappa shape index (κ2) is 6.45. The van der Waals surface area contributed by atoms with Crippen molar-refractivity contribution >= 4 is 5.78 Å². The van der Waals surface area contributed by atoms with Crippen molar-refractivity contribution in [2.45, 2.75) is 76.6 Å². The summed E-state index contributed by atoms with van der Waals surface area (Å²) >= 11 is 0. The third-order valence-electron chi connectivity index (χ3n) is 10.2. The Hall–Kier alpha value is -1.65. The van der Waals surface area contributed by atoms with Gasteiger partial charge >= 0.3 is 0 Å². The fourth-order valence-electron chi connectivity index (χ4n) is 8.33. The van der Waals surface area contributed by atoms with E-state index in [4.69, 9.17) is 9.47 Å². The number of ketones is 1. The summed E-state index contributed by atoms with van der Waals surface area (Å²) < 4.78 is 12.3. The maximum Gasteiger partial charge on any atom is 0.264 e. The zero-order valence-corrected chi connectivity index (χ0v) is 18.7. The number of rotatable bonds is 3. The minimum Gasteiger partial charge on any atom is -0.457 e. The molecule has 31 heavy (non-hydrogen) atoms. The van der Waals surface area contributed by atoms with Crippen LogP contribution in [0, 0.1) is 28.6 Å². The molecule has 166 valence electrons. The van der Waals surface area contributed by atoms with E-state index in [0.29, 0.717) is 36.6 Å². The van der Waals surface area contributed by atoms with Gasteiger partial charge in [0, 0.05) is 11.8 Å². The first-order valence-electron chi connectivity index (χ1n) is 12.2. The molecule has 1 aromatic rings. The van der Waals surface area contributed by atoms with Crippen molar-refractivity contribution in [2.75, 3.05) is 6.61 Å². The van der Waals surface area contributed by atoms with Gasteiger partial charge in [0.1, 0.15) is 18.0 Å². The van der Waals surface area contributed by atoms with Gasteiger partial charge in [-0.2, -0.15) is 0 Å². The summed E-state index contributed by atoms with van der Waals surface area (Å²) in [6.45, 7) is 5.17. The molecule has 0 bridgehead atoms. The zero-order chi connectivity index (χ0) is 21.5. The number of carbonyl (C=O) groups is 1. The number of hydrogen-bond acceptors (Lipinski definition) is 4. The van der Waals surface area contributed by atoms with Crippen molar-refractivity contribution < 1.29 is 19.4 Å². The monoisotopic (exact) mass is 422 g/mol. The molecule has 4 heteroatoms. The second-order valence-electron chi connectivity index (χ2n) is 11.3. The Labute approximate surface area is 185 Å². The van der Waals surface area contributed by atoms with Crippen LogP contribution in [0.1, 0.15) is 65.2 Å². The molecule has 7 atom stereocenters. The molecular formula is C27H34O4. The van der Waals surface area contributed by atoms with Crippen LogP contribution in [-0.4, -0.2) is 28.9 Å². The highest BCUT2D eigenvalue weighted by atomic mass is 16.8. The van der Waals surface area contributed by atoms with E-state index in [0.717, 1.165) is 50.7 Å². The van der Waals surface area contributed by atoms with Gasteiger partial charge in [-0.3, -0.25) is 4.79 Å². The van der Waals surface area contributed by atoms with Crippen LogP contribution < -0.4 is 4.74 Å². The predicted molar refractivity (Wildman–Crippen MR) is 117 cm³/mol. The Morgan fingerprint density at radius 1 is 1.00 bits per heavy atom. The van der Waals surface area contributed by atoms with Crippen molar-refractivity contribution in [3.63, 3.8) is 0 Å². The molecule has 5 aliphatic rings. The highest BCUT2D eigenvalue weighted by molar-refractivity contribution is 5.91. The van der Waals surface area contributed by atoms with Gasteiger partial charge in [-0.25, -0.2) is 0 Å². The van der Waals surface area contributed by atoms with Gasteiger partial charge in [0.05, 0.1) is 0 Å². The Balaban J connectivity index is 1.31. The maximum absolute atomic E-state index is 12.2. The van der Waals surface area contributed by atoms with E-state index in [2.05, 4.69) is 13.8 Å². The number of ether oxygens (including phenoxy) is 2. The van der Waals surface area contributed by atoms with Gasteiger partial charge in [0.2, 0.25) is 0 Å². The molecule has 4 fully saturated rings. The SMILES string of the molecule is C[C@]12CCC(=O)C=C1CC[C@@H]1[C@@H]2CC[C@@]2(C)[C@H]1CC[C@]2(O)[C@]1(Oc2ccccc2)CO1. The normalized spacial score (nSPS) is 48.3. The third kappa shape index (κ3) is 2.58. The summed E-state index contributed by atoms with van der Waals surface area (Å²) in [7, 11) is 0. The van der Waals surface area contributed by atoms with Crippen molar-refractivity contribution in [1.82, 2.24) is 0 Å². The van der Waals surface area contributed by atoms with Crippen LogP contribution in [-0.2, 0) is 9.53 Å². The molecule has 4 aliphatic carbocycles. The van der Waals surface area contributed by atoms with E-state index in [1.54, 1.807) is 0 Å². The van der Waals surface area contributed by atoms with E-state index >= 15 is 0 Å². The molecule has 0 spiro atoms. The molecule has 6 rings (SSSR count). The summed E-state index contributed by atoms with van der Waals surface area (Å²) in [4.78, 5) is 12.1. The zero-order valence-electron chi connectivity index (χ0n) is 18.7. The van der Waals surface area contributed by atoms with Crippen LogP contribution in [0.3, 0.4) is 0 Å². The number of hydrogen-bond donors (Lipinski definition) is 1. The second-order valence-corrected chi connectivity index (χ2v) is 11.3. The smallest absolute Gasteiger partial charge is 0.264 e. The van der Waals surface area contributed by atoms with E-state index < -0.39 is 11.4 Å². The fourth-order valence-corrected chi connectivity index (χ4v) is 8.33. The lowest BCUT2D eigenvalue weighted by atomic mass is 9.46. The van der Waals surface area contributed by atoms with E-state index in [1.165, 1.54) is 5.57 Å². The third-order valence-corrected chi connectivity index (χ3v) is 10.2. The van der Waals surface area contributed by atoms with Crippen LogP contribution in [0.4, 0.5) is 0 Å². The van der Waals surface area contributed by atoms with Crippen LogP contribution in [0.25, 0.3) is 0 Å². The maximum atomic E-state index is 12.2. The largest absolute Gasteiger partial charge is 0.457 e. The lowest BCUT2D eigenvalue weighted by Gasteiger charge is -2.59. The van der Waals surface area contributed by atoms with E-state index in [9.17, 15) is 9.90 Å². The van der Waals surface area contributed by atoms with Crippen molar-refractivity contribution in [3.05, 3.63) is 42.0 Å². The summed E-state index contributed by atoms with van der Waals surface area (Å²) in [5.41, 5.74) is 0.385. The van der Waals surface area contributed by atoms with Crippen LogP contribution in [0.5, 0.6) is 5.75 Å². The molecule has 1 heterocycles. The van der Waals surface area contributed by atoms with E-state index in [-0.39, 0.29) is 10.8 Å². The summed E-state index contributed by atoms with van der Waals surface area (Å²) in [5.74, 6) is 1.87. The summed E-state index contributed by atoms with van der Waals surface area (Å²) in [6.07, 6.45) is 9.72. The van der Waals surface area contributed by atoms with Gasteiger partial charge < -0.3 is 14.6 Å². The lowest BCUT2D eigenvalue weighted by Crippen LogP contribution is -2.61. The van der Waals surface area contributed by atoms with Crippen LogP contribution >= 0.6 is 0 Å². The van der Waals surface area contributed by atoms with Crippen LogP contribution in [0.2, 0.25) is 0 Å². The molecule has 0 radical (unpaired) electrons. The molecule has 1 aromatic carbocycles. The first-order chi connectivity index (χ1) is 14.8. The van der Waals surface area contributed by atoms with Crippen molar-refractivity contribution in [1.29, 1.82) is 0 Å². The minimum atomic E-state index is -0.967. The average molecular weight is 423 g/mol. The standard InChI is InChI=1S/C27H34O4/c1-24-13-10-19(28)16-18(24)8-9-21-22(24)11-14-25(2)23(21)12-15-26(25,29)27(17-30-27)31-20-6-4-3-5-7-20/h3-7,16,21-23,29H,8-15,17H2,1-2H3/t21-,22+,23+,24+,25+,26-,27-/m1/s1. The molecule has 0 amide bonds. The molecule has 1 N–H and O–H groups in total. The topological polar surface area (TPSA) is 59.1 Å². The number of fused-ring (bicyclic) bond motifs is 5. The molecular weight excluding hydrogens is 388 g/mol. The average Bonchev–Trinajstić information content (AvgIpc) is 3.49. The van der Waals surface area contributed by atoms with Crippen molar-refractivity contribution in [2.24, 2.45) is 28.6 Å². The minimum absolute atomic E-state index is 0.160. The Bertz CT molecular complexity index is 934. The van der Waals surface area contributed by atoms with Crippen LogP contribution in [0.15, 0.2) is 42.0 Å². The summed E-state index contributed by atoms with van der Waals surface area (Å²) in [6, 6.07) is 9.78. The highest BCUT2D eigenvalue weighted by Crippen LogP contribution is 2.70. The Morgan fingerprint density at radius 3 is 2.48 bits per heavy atom. The van der Waals surface area contributed by atoms with Gasteiger partial charge in [-0.05, 0) is 86.3 Å². The molecule has 0 unspecified atom stereocenters. The number of para-hydroxylation sites is 1. The number of epoxide rings is 1. The molecule has 1 saturated heterocycles. The summed E-state index contributed by atoms with van der Waals surface area (Å²) in [5, 5.41) is 12.2. The fraction of sp³-hybridized carbons (Fsp3) is 0.667. The number of aliphatic hydroxyl groups is 1. The molecule has 3 saturated carbocycles. The van der Waals surface area contributed by atoms with Gasteiger partial charge in [0.25, 0.3) is 5.79 Å². The van der Waals surface area contributed by atoms with E-state index in [1.807, 2.05) is 36.4 Å². The number of carbonyl (C=O) groups excluding carboxylic acids is 1. The van der Waals surface area contributed by atoms with Gasteiger partial charge in [-0.1, -0.05) is 37.6 Å². The predicted octanol–water partition coefficient (Wildman–Crippen LogP) is 5.05. The Kier molecular flexibility index (Phi) is 4.16. The number of allylic oxidation sites excluding steroid dienone is 1. The van der Waals surface area contributed by atoms with Crippen molar-refractivity contribution in [3.8, 4) is 5.75 Å². The molecule has 4 nitrogen and oxygen atoms in total.